The van der Waals surface area contributed by atoms with Crippen LogP contribution in [0.4, 0.5) is 10.5 Å². The van der Waals surface area contributed by atoms with Crippen molar-refractivity contribution >= 4 is 45.2 Å². The van der Waals surface area contributed by atoms with Crippen molar-refractivity contribution in [1.82, 2.24) is 4.90 Å². The molecule has 1 heterocycles. The zero-order valence-electron chi connectivity index (χ0n) is 10.8. The summed E-state index contributed by atoms with van der Waals surface area (Å²) in [6, 6.07) is 4.75. The molecule has 7 heteroatoms. The van der Waals surface area contributed by atoms with Gasteiger partial charge in [-0.2, -0.15) is 0 Å². The summed E-state index contributed by atoms with van der Waals surface area (Å²) in [5, 5.41) is 12.4. The molecular formula is C13H14BrClN2O3. The average molecular weight is 362 g/mol. The fourth-order valence-electron chi connectivity index (χ4n) is 2.24. The highest BCUT2D eigenvalue weighted by Gasteiger charge is 2.37. The van der Waals surface area contributed by atoms with Crippen molar-refractivity contribution in [3.8, 4) is 0 Å². The Labute approximate surface area is 130 Å². The third-order valence-corrected chi connectivity index (χ3v) is 4.28. The molecule has 0 spiro atoms. The summed E-state index contributed by atoms with van der Waals surface area (Å²) in [5.74, 6) is -1.42. The Kier molecular flexibility index (Phi) is 4.55. The predicted molar refractivity (Wildman–Crippen MR) is 80.0 cm³/mol. The summed E-state index contributed by atoms with van der Waals surface area (Å²) in [6.07, 6.45) is 0. The summed E-state index contributed by atoms with van der Waals surface area (Å²) in [4.78, 5) is 24.7. The zero-order valence-corrected chi connectivity index (χ0v) is 13.1. The summed E-state index contributed by atoms with van der Waals surface area (Å²) >= 11 is 9.15. The van der Waals surface area contributed by atoms with E-state index in [4.69, 9.17) is 16.7 Å². The van der Waals surface area contributed by atoms with Gasteiger partial charge in [0.15, 0.2) is 0 Å². The van der Waals surface area contributed by atoms with Crippen molar-refractivity contribution < 1.29 is 14.7 Å². The van der Waals surface area contributed by atoms with Crippen LogP contribution in [0.2, 0.25) is 5.02 Å². The molecule has 0 aliphatic carbocycles. The molecule has 0 saturated carbocycles. The maximum atomic E-state index is 12.1. The van der Waals surface area contributed by atoms with Crippen LogP contribution in [-0.2, 0) is 4.79 Å². The maximum Gasteiger partial charge on any atom is 0.321 e. The molecule has 2 atom stereocenters. The molecule has 0 bridgehead atoms. The summed E-state index contributed by atoms with van der Waals surface area (Å²) in [5.41, 5.74) is 0.603. The summed E-state index contributed by atoms with van der Waals surface area (Å²) < 4.78 is 0.681. The van der Waals surface area contributed by atoms with E-state index >= 15 is 0 Å². The highest BCUT2D eigenvalue weighted by Crippen LogP contribution is 2.28. The number of carbonyl (C=O) groups excluding carboxylic acids is 1. The molecule has 0 aromatic heterocycles. The molecule has 5 nitrogen and oxygen atoms in total. The van der Waals surface area contributed by atoms with Gasteiger partial charge in [-0.15, -0.1) is 0 Å². The molecule has 2 N–H and O–H groups in total. The number of aliphatic carboxylic acids is 1. The van der Waals surface area contributed by atoms with Crippen molar-refractivity contribution in [2.24, 2.45) is 11.8 Å². The van der Waals surface area contributed by atoms with Crippen LogP contribution in [0.25, 0.3) is 0 Å². The average Bonchev–Trinajstić information content (AvgIpc) is 2.75. The number of nitrogens with zero attached hydrogens (tertiary/aromatic N) is 1. The SMILES string of the molecule is C[C@@H]1CN(C(=O)Nc2ccc(Cl)cc2Br)C[C@H]1C(=O)O. The van der Waals surface area contributed by atoms with E-state index in [0.717, 1.165) is 0 Å². The minimum atomic E-state index is -0.861. The van der Waals surface area contributed by atoms with E-state index in [0.29, 0.717) is 21.7 Å². The molecule has 1 aromatic carbocycles. The lowest BCUT2D eigenvalue weighted by atomic mass is 9.99. The predicted octanol–water partition coefficient (Wildman–Crippen LogP) is 3.29. The lowest BCUT2D eigenvalue weighted by Gasteiger charge is -2.17. The molecule has 1 aliphatic rings. The van der Waals surface area contributed by atoms with Gasteiger partial charge < -0.3 is 15.3 Å². The number of hydrogen-bond donors (Lipinski definition) is 2. The van der Waals surface area contributed by atoms with Crippen LogP contribution in [-0.4, -0.2) is 35.1 Å². The van der Waals surface area contributed by atoms with Crippen LogP contribution < -0.4 is 5.32 Å². The number of carboxylic acid groups (broad SMARTS) is 1. The monoisotopic (exact) mass is 360 g/mol. The van der Waals surface area contributed by atoms with Crippen molar-refractivity contribution in [3.05, 3.63) is 27.7 Å². The molecule has 1 fully saturated rings. The van der Waals surface area contributed by atoms with Gasteiger partial charge in [-0.05, 0) is 40.0 Å². The highest BCUT2D eigenvalue weighted by molar-refractivity contribution is 9.10. The lowest BCUT2D eigenvalue weighted by molar-refractivity contribution is -0.142. The van der Waals surface area contributed by atoms with Gasteiger partial charge in [-0.25, -0.2) is 4.79 Å². The number of amides is 2. The van der Waals surface area contributed by atoms with Crippen molar-refractivity contribution in [2.45, 2.75) is 6.92 Å². The summed E-state index contributed by atoms with van der Waals surface area (Å²) in [6.45, 7) is 2.51. The van der Waals surface area contributed by atoms with Crippen LogP contribution in [0.15, 0.2) is 22.7 Å². The van der Waals surface area contributed by atoms with Gasteiger partial charge in [0.05, 0.1) is 11.6 Å². The minimum Gasteiger partial charge on any atom is -0.481 e. The van der Waals surface area contributed by atoms with Crippen molar-refractivity contribution in [3.63, 3.8) is 0 Å². The van der Waals surface area contributed by atoms with Crippen LogP contribution in [0, 0.1) is 11.8 Å². The van der Waals surface area contributed by atoms with Gasteiger partial charge >= 0.3 is 12.0 Å². The van der Waals surface area contributed by atoms with Crippen LogP contribution in [0.3, 0.4) is 0 Å². The van der Waals surface area contributed by atoms with Crippen LogP contribution >= 0.6 is 27.5 Å². The van der Waals surface area contributed by atoms with Crippen molar-refractivity contribution in [1.29, 1.82) is 0 Å². The third-order valence-electron chi connectivity index (χ3n) is 3.39. The van der Waals surface area contributed by atoms with Gasteiger partial charge in [-0.1, -0.05) is 18.5 Å². The van der Waals surface area contributed by atoms with Gasteiger partial charge in [0, 0.05) is 22.6 Å². The Morgan fingerprint density at radius 2 is 2.15 bits per heavy atom. The lowest BCUT2D eigenvalue weighted by Crippen LogP contribution is -2.33. The second kappa shape index (κ2) is 6.01. The smallest absolute Gasteiger partial charge is 0.321 e. The molecule has 1 saturated heterocycles. The number of carboxylic acids is 1. The number of hydrogen-bond acceptors (Lipinski definition) is 2. The van der Waals surface area contributed by atoms with Crippen LogP contribution in [0.5, 0.6) is 0 Å². The topological polar surface area (TPSA) is 69.6 Å². The molecule has 2 amide bonds. The first-order valence-electron chi connectivity index (χ1n) is 6.12. The van der Waals surface area contributed by atoms with Gasteiger partial charge in [0.2, 0.25) is 0 Å². The first-order valence-corrected chi connectivity index (χ1v) is 7.29. The molecule has 20 heavy (non-hydrogen) atoms. The van der Waals surface area contributed by atoms with E-state index in [1.54, 1.807) is 18.2 Å². The Bertz CT molecular complexity index is 552. The van der Waals surface area contributed by atoms with Gasteiger partial charge in [0.25, 0.3) is 0 Å². The van der Waals surface area contributed by atoms with Gasteiger partial charge in [0.1, 0.15) is 0 Å². The van der Waals surface area contributed by atoms with E-state index in [-0.39, 0.29) is 18.5 Å². The molecule has 0 unspecified atom stereocenters. The number of urea groups is 1. The number of benzene rings is 1. The van der Waals surface area contributed by atoms with Gasteiger partial charge in [-0.3, -0.25) is 4.79 Å². The molecule has 1 aliphatic heterocycles. The Morgan fingerprint density at radius 3 is 2.70 bits per heavy atom. The van der Waals surface area contributed by atoms with Crippen molar-refractivity contribution in [2.75, 3.05) is 18.4 Å². The second-order valence-electron chi connectivity index (χ2n) is 4.88. The van der Waals surface area contributed by atoms with E-state index in [1.807, 2.05) is 6.92 Å². The maximum absolute atomic E-state index is 12.1. The Balaban J connectivity index is 2.04. The molecule has 0 radical (unpaired) electrons. The molecule has 108 valence electrons. The fourth-order valence-corrected chi connectivity index (χ4v) is 3.02. The third kappa shape index (κ3) is 3.24. The second-order valence-corrected chi connectivity index (χ2v) is 6.17. The minimum absolute atomic E-state index is 0.0492. The Morgan fingerprint density at radius 1 is 1.45 bits per heavy atom. The number of carbonyl (C=O) groups is 2. The van der Waals surface area contributed by atoms with E-state index in [1.165, 1.54) is 4.90 Å². The first kappa shape index (κ1) is 15.1. The van der Waals surface area contributed by atoms with E-state index in [9.17, 15) is 9.59 Å². The summed E-state index contributed by atoms with van der Waals surface area (Å²) in [7, 11) is 0. The fraction of sp³-hybridized carbons (Fsp3) is 0.385. The van der Waals surface area contributed by atoms with E-state index in [2.05, 4.69) is 21.2 Å². The standard InChI is InChI=1S/C13H14BrClN2O3/c1-7-5-17(6-9(7)12(18)19)13(20)16-11-3-2-8(15)4-10(11)14/h2-4,7,9H,5-6H2,1H3,(H,16,20)(H,18,19)/t7-,9-/m1/s1. The highest BCUT2D eigenvalue weighted by atomic mass is 79.9. The quantitative estimate of drug-likeness (QED) is 0.849. The Hall–Kier alpha value is -1.27. The number of nitrogens with one attached hydrogen (secondary N) is 1. The molecular weight excluding hydrogens is 348 g/mol. The normalized spacial score (nSPS) is 21.9. The van der Waals surface area contributed by atoms with Crippen LogP contribution in [0.1, 0.15) is 6.92 Å². The number of rotatable bonds is 2. The number of halogens is 2. The van der Waals surface area contributed by atoms with E-state index < -0.39 is 11.9 Å². The number of anilines is 1. The first-order chi connectivity index (χ1) is 9.38. The molecule has 1 aromatic rings. The zero-order chi connectivity index (χ0) is 14.9. The molecule has 2 rings (SSSR count). The number of likely N-dealkylation sites (tertiary alicyclic amines) is 1. The largest absolute Gasteiger partial charge is 0.481 e.